The molecule has 0 saturated carbocycles. The largest absolute Gasteiger partial charge is 0.337 e. The predicted octanol–water partition coefficient (Wildman–Crippen LogP) is 4.02. The molecule has 2 amide bonds. The van der Waals surface area contributed by atoms with Crippen LogP contribution < -0.4 is 5.32 Å². The number of anilines is 1. The maximum atomic E-state index is 12.4. The minimum absolute atomic E-state index is 0.227. The topological polar surface area (TPSA) is 71.3 Å². The van der Waals surface area contributed by atoms with Crippen LogP contribution in [0.3, 0.4) is 0 Å². The number of nitrogens with zero attached hydrogens (tertiary/aromatic N) is 3. The van der Waals surface area contributed by atoms with Crippen molar-refractivity contribution in [3.05, 3.63) is 53.5 Å². The van der Waals surface area contributed by atoms with Crippen molar-refractivity contribution in [3.8, 4) is 10.4 Å². The third-order valence-corrected chi connectivity index (χ3v) is 4.40. The summed E-state index contributed by atoms with van der Waals surface area (Å²) in [4.78, 5) is 19.3. The molecular weight excluding hydrogens is 324 g/mol. The van der Waals surface area contributed by atoms with E-state index in [4.69, 9.17) is 4.52 Å². The SMILES string of the molecule is CCc1noc(CN(C)C(=O)Nc2ccccc2-c2cccs2)n1. The monoisotopic (exact) mass is 342 g/mol. The molecular formula is C17H18N4O2S. The average molecular weight is 342 g/mol. The van der Waals surface area contributed by atoms with Gasteiger partial charge in [0.05, 0.1) is 5.69 Å². The second-order valence-electron chi connectivity index (χ2n) is 5.27. The zero-order valence-electron chi connectivity index (χ0n) is 13.5. The van der Waals surface area contributed by atoms with Crippen LogP contribution in [0.5, 0.6) is 0 Å². The van der Waals surface area contributed by atoms with E-state index in [-0.39, 0.29) is 12.6 Å². The van der Waals surface area contributed by atoms with Gasteiger partial charge in [-0.1, -0.05) is 36.3 Å². The molecule has 3 aromatic rings. The number of hydrogen-bond donors (Lipinski definition) is 1. The molecule has 0 fully saturated rings. The zero-order chi connectivity index (χ0) is 16.9. The highest BCUT2D eigenvalue weighted by Crippen LogP contribution is 2.31. The van der Waals surface area contributed by atoms with Crippen LogP contribution in [0.4, 0.5) is 10.5 Å². The van der Waals surface area contributed by atoms with Crippen molar-refractivity contribution < 1.29 is 9.32 Å². The van der Waals surface area contributed by atoms with Crippen molar-refractivity contribution in [1.29, 1.82) is 0 Å². The van der Waals surface area contributed by atoms with Gasteiger partial charge < -0.3 is 14.7 Å². The third-order valence-electron chi connectivity index (χ3n) is 3.50. The van der Waals surface area contributed by atoms with Gasteiger partial charge in [-0.3, -0.25) is 0 Å². The Morgan fingerprint density at radius 1 is 1.29 bits per heavy atom. The van der Waals surface area contributed by atoms with E-state index in [1.54, 1.807) is 18.4 Å². The van der Waals surface area contributed by atoms with E-state index >= 15 is 0 Å². The summed E-state index contributed by atoms with van der Waals surface area (Å²) in [5, 5.41) is 8.79. The Bertz CT molecular complexity index is 814. The molecule has 0 aliphatic carbocycles. The van der Waals surface area contributed by atoms with Gasteiger partial charge in [-0.25, -0.2) is 4.79 Å². The average Bonchev–Trinajstić information content (AvgIpc) is 3.26. The maximum Gasteiger partial charge on any atom is 0.322 e. The molecule has 0 saturated heterocycles. The number of carbonyl (C=O) groups excluding carboxylic acids is 1. The Morgan fingerprint density at radius 2 is 2.12 bits per heavy atom. The molecule has 1 N–H and O–H groups in total. The van der Waals surface area contributed by atoms with Crippen LogP contribution in [-0.4, -0.2) is 28.1 Å². The van der Waals surface area contributed by atoms with Gasteiger partial charge in [-0.15, -0.1) is 11.3 Å². The van der Waals surface area contributed by atoms with Gasteiger partial charge in [0.1, 0.15) is 6.54 Å². The van der Waals surface area contributed by atoms with Gasteiger partial charge in [0, 0.05) is 23.9 Å². The van der Waals surface area contributed by atoms with E-state index < -0.39 is 0 Å². The van der Waals surface area contributed by atoms with Crippen LogP contribution in [0.2, 0.25) is 0 Å². The molecule has 0 radical (unpaired) electrons. The maximum absolute atomic E-state index is 12.4. The second-order valence-corrected chi connectivity index (χ2v) is 6.21. The molecule has 0 bridgehead atoms. The Balaban J connectivity index is 1.70. The van der Waals surface area contributed by atoms with E-state index in [1.165, 1.54) is 4.90 Å². The molecule has 0 atom stereocenters. The summed E-state index contributed by atoms with van der Waals surface area (Å²) >= 11 is 1.64. The summed E-state index contributed by atoms with van der Waals surface area (Å²) in [5.74, 6) is 1.07. The lowest BCUT2D eigenvalue weighted by Crippen LogP contribution is -2.31. The van der Waals surface area contributed by atoms with Gasteiger partial charge in [-0.2, -0.15) is 4.98 Å². The Morgan fingerprint density at radius 3 is 2.83 bits per heavy atom. The van der Waals surface area contributed by atoms with Crippen LogP contribution in [0.15, 0.2) is 46.3 Å². The fraction of sp³-hybridized carbons (Fsp3) is 0.235. The molecule has 2 heterocycles. The number of nitrogens with one attached hydrogen (secondary N) is 1. The summed E-state index contributed by atoms with van der Waals surface area (Å²) in [6.45, 7) is 2.21. The first-order valence-corrected chi connectivity index (χ1v) is 8.52. The number of benzene rings is 1. The molecule has 0 spiro atoms. The molecule has 0 aliphatic rings. The highest BCUT2D eigenvalue weighted by Gasteiger charge is 2.15. The van der Waals surface area contributed by atoms with Crippen molar-refractivity contribution in [2.45, 2.75) is 19.9 Å². The van der Waals surface area contributed by atoms with Crippen molar-refractivity contribution in [3.63, 3.8) is 0 Å². The Hall–Kier alpha value is -2.67. The normalized spacial score (nSPS) is 10.6. The Labute approximate surface area is 144 Å². The minimum atomic E-state index is -0.227. The first-order valence-electron chi connectivity index (χ1n) is 7.64. The van der Waals surface area contributed by atoms with Crippen molar-refractivity contribution in [2.75, 3.05) is 12.4 Å². The Kier molecular flexibility index (Phi) is 4.90. The molecule has 1 aromatic carbocycles. The van der Waals surface area contributed by atoms with Gasteiger partial charge >= 0.3 is 6.03 Å². The molecule has 2 aromatic heterocycles. The quantitative estimate of drug-likeness (QED) is 0.760. The van der Waals surface area contributed by atoms with Crippen molar-refractivity contribution in [2.24, 2.45) is 0 Å². The summed E-state index contributed by atoms with van der Waals surface area (Å²) < 4.78 is 5.13. The van der Waals surface area contributed by atoms with Crippen molar-refractivity contribution >= 4 is 23.1 Å². The highest BCUT2D eigenvalue weighted by atomic mass is 32.1. The molecule has 7 heteroatoms. The minimum Gasteiger partial charge on any atom is -0.337 e. The number of thiophene rings is 1. The lowest BCUT2D eigenvalue weighted by atomic mass is 10.1. The van der Waals surface area contributed by atoms with Crippen LogP contribution in [0, 0.1) is 0 Å². The lowest BCUT2D eigenvalue weighted by molar-refractivity contribution is 0.213. The molecule has 0 aliphatic heterocycles. The van der Waals surface area contributed by atoms with E-state index in [9.17, 15) is 4.79 Å². The lowest BCUT2D eigenvalue weighted by Gasteiger charge is -2.17. The van der Waals surface area contributed by atoms with Crippen LogP contribution in [0.25, 0.3) is 10.4 Å². The van der Waals surface area contributed by atoms with Gasteiger partial charge in [0.2, 0.25) is 5.89 Å². The van der Waals surface area contributed by atoms with E-state index in [0.29, 0.717) is 18.1 Å². The highest BCUT2D eigenvalue weighted by molar-refractivity contribution is 7.13. The fourth-order valence-electron chi connectivity index (χ4n) is 2.22. The molecule has 124 valence electrons. The summed E-state index contributed by atoms with van der Waals surface area (Å²) in [6, 6.07) is 11.5. The number of carbonyl (C=O) groups is 1. The molecule has 3 rings (SSSR count). The second kappa shape index (κ2) is 7.27. The summed E-state index contributed by atoms with van der Waals surface area (Å²) in [6.07, 6.45) is 0.702. The molecule has 24 heavy (non-hydrogen) atoms. The number of urea groups is 1. The number of para-hydroxylation sites is 1. The number of hydrogen-bond acceptors (Lipinski definition) is 5. The third kappa shape index (κ3) is 3.62. The van der Waals surface area contributed by atoms with E-state index in [0.717, 1.165) is 16.1 Å². The summed E-state index contributed by atoms with van der Waals surface area (Å²) in [7, 11) is 1.69. The van der Waals surface area contributed by atoms with Crippen LogP contribution >= 0.6 is 11.3 Å². The van der Waals surface area contributed by atoms with Gasteiger partial charge in [-0.05, 0) is 17.5 Å². The van der Waals surface area contributed by atoms with E-state index in [2.05, 4.69) is 15.5 Å². The van der Waals surface area contributed by atoms with Crippen LogP contribution in [0.1, 0.15) is 18.6 Å². The standard InChI is InChI=1S/C17H18N4O2S/c1-3-15-19-16(23-20-15)11-21(2)17(22)18-13-8-5-4-7-12(13)14-9-6-10-24-14/h4-10H,3,11H2,1-2H3,(H,18,22). The zero-order valence-corrected chi connectivity index (χ0v) is 14.3. The molecule has 0 unspecified atom stereocenters. The number of rotatable bonds is 5. The number of aromatic nitrogens is 2. The summed E-state index contributed by atoms with van der Waals surface area (Å²) in [5.41, 5.74) is 1.77. The predicted molar refractivity (Wildman–Crippen MR) is 93.9 cm³/mol. The van der Waals surface area contributed by atoms with Gasteiger partial charge in [0.15, 0.2) is 5.82 Å². The van der Waals surface area contributed by atoms with Crippen LogP contribution in [-0.2, 0) is 13.0 Å². The molecule has 6 nitrogen and oxygen atoms in total. The first-order chi connectivity index (χ1) is 11.7. The fourth-order valence-corrected chi connectivity index (χ4v) is 2.99. The van der Waals surface area contributed by atoms with Crippen molar-refractivity contribution in [1.82, 2.24) is 15.0 Å². The number of aryl methyl sites for hydroxylation is 1. The van der Waals surface area contributed by atoms with E-state index in [1.807, 2.05) is 48.7 Å². The smallest absolute Gasteiger partial charge is 0.322 e. The van der Waals surface area contributed by atoms with Gasteiger partial charge in [0.25, 0.3) is 0 Å². The first kappa shape index (κ1) is 16.2. The number of amides is 2.